The molecule has 15 heavy (non-hydrogen) atoms. The summed E-state index contributed by atoms with van der Waals surface area (Å²) in [6.45, 7) is 11.4. The van der Waals surface area contributed by atoms with Crippen LogP contribution in [0.3, 0.4) is 0 Å². The molecule has 0 spiro atoms. The van der Waals surface area contributed by atoms with Crippen LogP contribution in [-0.4, -0.2) is 14.3 Å². The van der Waals surface area contributed by atoms with Gasteiger partial charge >= 0.3 is 0 Å². The fourth-order valence-corrected chi connectivity index (χ4v) is 1.94. The molecule has 82 valence electrons. The van der Waals surface area contributed by atoms with Gasteiger partial charge in [0.15, 0.2) is 0 Å². The smallest absolute Gasteiger partial charge is 0.0746 e. The van der Waals surface area contributed by atoms with Crippen molar-refractivity contribution in [3.8, 4) is 0 Å². The molecule has 1 aromatic rings. The van der Waals surface area contributed by atoms with Crippen molar-refractivity contribution < 1.29 is 4.74 Å². The highest BCUT2D eigenvalue weighted by molar-refractivity contribution is 6.76. The first-order valence-electron chi connectivity index (χ1n) is 5.30. The first-order valence-corrected chi connectivity index (χ1v) is 9.01. The van der Waals surface area contributed by atoms with Crippen molar-refractivity contribution in [2.75, 3.05) is 6.23 Å². The van der Waals surface area contributed by atoms with E-state index >= 15 is 0 Å². The summed E-state index contributed by atoms with van der Waals surface area (Å²) >= 11 is 0. The minimum Gasteiger partial charge on any atom is -0.380 e. The molecule has 1 rings (SSSR count). The van der Waals surface area contributed by atoms with E-state index in [4.69, 9.17) is 4.74 Å². The van der Waals surface area contributed by atoms with Crippen molar-refractivity contribution in [2.24, 2.45) is 0 Å². The molecule has 0 unspecified atom stereocenters. The Labute approximate surface area is 93.8 Å². The molecule has 0 amide bonds. The van der Waals surface area contributed by atoms with Gasteiger partial charge in [-0.3, -0.25) is 0 Å². The molecule has 1 aromatic carbocycles. The lowest BCUT2D eigenvalue weighted by Crippen LogP contribution is -2.27. The predicted molar refractivity (Wildman–Crippen MR) is 69.5 cm³/mol. The topological polar surface area (TPSA) is 9.23 Å². The van der Waals surface area contributed by atoms with Crippen LogP contribution in [0.5, 0.6) is 0 Å². The van der Waals surface area contributed by atoms with E-state index in [1.54, 1.807) is 0 Å². The Morgan fingerprint density at radius 2 is 1.80 bits per heavy atom. The normalized spacial score (nSPS) is 11.4. The largest absolute Gasteiger partial charge is 0.380 e. The van der Waals surface area contributed by atoms with Crippen LogP contribution in [0.4, 0.5) is 0 Å². The quantitative estimate of drug-likeness (QED) is 0.687. The Bertz CT molecular complexity index is 308. The van der Waals surface area contributed by atoms with E-state index in [1.165, 1.54) is 5.56 Å². The van der Waals surface area contributed by atoms with Crippen LogP contribution in [0.2, 0.25) is 19.6 Å². The number of hydrogen-bond donors (Lipinski definition) is 0. The molecule has 0 fully saturated rings. The number of benzene rings is 1. The fraction of sp³-hybridized carbons (Fsp3) is 0.385. The minimum atomic E-state index is -1.07. The van der Waals surface area contributed by atoms with E-state index in [0.717, 1.165) is 18.4 Å². The molecular weight excluding hydrogens is 200 g/mol. The third kappa shape index (κ3) is 4.95. The zero-order valence-electron chi connectivity index (χ0n) is 9.92. The van der Waals surface area contributed by atoms with Gasteiger partial charge in [-0.2, -0.15) is 0 Å². The van der Waals surface area contributed by atoms with Crippen LogP contribution in [0.15, 0.2) is 30.8 Å². The van der Waals surface area contributed by atoms with Crippen molar-refractivity contribution in [1.82, 2.24) is 0 Å². The van der Waals surface area contributed by atoms with Gasteiger partial charge in [0.25, 0.3) is 0 Å². The Balaban J connectivity index is 2.41. The first-order chi connectivity index (χ1) is 7.01. The minimum absolute atomic E-state index is 0.724. The molecular formula is C13H20OSi. The summed E-state index contributed by atoms with van der Waals surface area (Å²) in [5.41, 5.74) is 2.39. The molecule has 1 nitrogen and oxygen atoms in total. The van der Waals surface area contributed by atoms with Crippen molar-refractivity contribution in [3.05, 3.63) is 42.0 Å². The van der Waals surface area contributed by atoms with Crippen molar-refractivity contribution in [2.45, 2.75) is 26.2 Å². The molecule has 0 aliphatic carbocycles. The van der Waals surface area contributed by atoms with Gasteiger partial charge in [-0.05, 0) is 11.1 Å². The average Bonchev–Trinajstić information content (AvgIpc) is 2.17. The zero-order valence-corrected chi connectivity index (χ0v) is 10.9. The average molecular weight is 220 g/mol. The monoisotopic (exact) mass is 220 g/mol. The number of ether oxygens (including phenoxy) is 1. The van der Waals surface area contributed by atoms with Crippen LogP contribution >= 0.6 is 0 Å². The van der Waals surface area contributed by atoms with Crippen molar-refractivity contribution >= 4 is 14.1 Å². The molecule has 0 N–H and O–H groups in total. The number of hydrogen-bond acceptors (Lipinski definition) is 1. The Hall–Kier alpha value is -0.863. The van der Waals surface area contributed by atoms with Crippen molar-refractivity contribution in [3.63, 3.8) is 0 Å². The van der Waals surface area contributed by atoms with E-state index < -0.39 is 8.07 Å². The Morgan fingerprint density at radius 1 is 1.20 bits per heavy atom. The maximum atomic E-state index is 5.69. The van der Waals surface area contributed by atoms with Crippen LogP contribution in [0, 0.1) is 0 Å². The summed E-state index contributed by atoms with van der Waals surface area (Å²) < 4.78 is 5.69. The first kappa shape index (κ1) is 12.2. The molecule has 2 heteroatoms. The number of rotatable bonds is 5. The van der Waals surface area contributed by atoms with Gasteiger partial charge in [0.2, 0.25) is 0 Å². The second-order valence-electron chi connectivity index (χ2n) is 5.00. The summed E-state index contributed by atoms with van der Waals surface area (Å²) in [4.78, 5) is 0. The highest BCUT2D eigenvalue weighted by atomic mass is 28.3. The van der Waals surface area contributed by atoms with Crippen LogP contribution in [0.1, 0.15) is 11.1 Å². The predicted octanol–water partition coefficient (Wildman–Crippen LogP) is 3.72. The molecule has 0 saturated carbocycles. The fourth-order valence-electron chi connectivity index (χ4n) is 1.23. The maximum absolute atomic E-state index is 5.69. The third-order valence-electron chi connectivity index (χ3n) is 2.02. The summed E-state index contributed by atoms with van der Waals surface area (Å²) in [5.74, 6) is 0. The third-order valence-corrected chi connectivity index (χ3v) is 3.09. The molecule has 0 bridgehead atoms. The van der Waals surface area contributed by atoms with Crippen LogP contribution in [0.25, 0.3) is 6.08 Å². The molecule has 0 radical (unpaired) electrons. The second kappa shape index (κ2) is 5.28. The second-order valence-corrected chi connectivity index (χ2v) is 10.4. The van der Waals surface area contributed by atoms with Crippen LogP contribution < -0.4 is 0 Å². The molecule has 0 heterocycles. The van der Waals surface area contributed by atoms with Gasteiger partial charge in [0, 0.05) is 6.23 Å². The lowest BCUT2D eigenvalue weighted by atomic mass is 10.1. The van der Waals surface area contributed by atoms with Gasteiger partial charge in [-0.15, -0.1) is 0 Å². The molecule has 0 saturated heterocycles. The van der Waals surface area contributed by atoms with E-state index in [1.807, 2.05) is 6.08 Å². The standard InChI is InChI=1S/C13H20OSi/c1-5-12-6-8-13(9-7-12)10-14-11-15(2,3)4/h5-9H,1,10-11H2,2-4H3. The lowest BCUT2D eigenvalue weighted by Gasteiger charge is -2.15. The molecule has 0 aliphatic rings. The summed E-state index contributed by atoms with van der Waals surface area (Å²) in [6.07, 6.45) is 2.78. The lowest BCUT2D eigenvalue weighted by molar-refractivity contribution is 0.159. The zero-order chi connectivity index (χ0) is 11.3. The van der Waals surface area contributed by atoms with E-state index in [0.29, 0.717) is 0 Å². The Kier molecular flexibility index (Phi) is 4.30. The van der Waals surface area contributed by atoms with Crippen LogP contribution in [-0.2, 0) is 11.3 Å². The van der Waals surface area contributed by atoms with Gasteiger partial charge in [0.1, 0.15) is 0 Å². The molecule has 0 aliphatic heterocycles. The molecule has 0 aromatic heterocycles. The van der Waals surface area contributed by atoms with Gasteiger partial charge in [-0.1, -0.05) is 56.6 Å². The van der Waals surface area contributed by atoms with Gasteiger partial charge in [-0.25, -0.2) is 0 Å². The van der Waals surface area contributed by atoms with E-state index in [2.05, 4.69) is 50.5 Å². The highest BCUT2D eigenvalue weighted by Gasteiger charge is 2.12. The summed E-state index contributed by atoms with van der Waals surface area (Å²) in [6, 6.07) is 8.34. The van der Waals surface area contributed by atoms with E-state index in [-0.39, 0.29) is 0 Å². The highest BCUT2D eigenvalue weighted by Crippen LogP contribution is 2.08. The summed E-state index contributed by atoms with van der Waals surface area (Å²) in [7, 11) is -1.07. The molecule has 0 atom stereocenters. The van der Waals surface area contributed by atoms with Gasteiger partial charge in [0.05, 0.1) is 14.7 Å². The van der Waals surface area contributed by atoms with Gasteiger partial charge < -0.3 is 4.74 Å². The summed E-state index contributed by atoms with van der Waals surface area (Å²) in [5, 5.41) is 0. The maximum Gasteiger partial charge on any atom is 0.0746 e. The Morgan fingerprint density at radius 3 is 2.27 bits per heavy atom. The van der Waals surface area contributed by atoms with E-state index in [9.17, 15) is 0 Å². The van der Waals surface area contributed by atoms with Crippen molar-refractivity contribution in [1.29, 1.82) is 0 Å². The SMILES string of the molecule is C=Cc1ccc(COC[Si](C)(C)C)cc1.